The van der Waals surface area contributed by atoms with Gasteiger partial charge in [0.2, 0.25) is 5.88 Å². The summed E-state index contributed by atoms with van der Waals surface area (Å²) in [5.41, 5.74) is 1.95. The van der Waals surface area contributed by atoms with E-state index in [1.807, 2.05) is 0 Å². The van der Waals surface area contributed by atoms with Gasteiger partial charge in [-0.2, -0.15) is 0 Å². The maximum Gasteiger partial charge on any atom is 0.213 e. The van der Waals surface area contributed by atoms with Crippen LogP contribution in [-0.4, -0.2) is 31.8 Å². The minimum absolute atomic E-state index is 0.0340. The highest BCUT2D eigenvalue weighted by atomic mass is 35.5. The van der Waals surface area contributed by atoms with Crippen LogP contribution in [0.25, 0.3) is 11.3 Å². The van der Waals surface area contributed by atoms with Crippen LogP contribution in [0.1, 0.15) is 5.56 Å². The Kier molecular flexibility index (Phi) is 4.25. The maximum atomic E-state index is 11.2. The highest BCUT2D eigenvalue weighted by Crippen LogP contribution is 2.28. The number of nitrogens with zero attached hydrogens (tertiary/aromatic N) is 2. The molecular weight excluding hydrogens is 300 g/mol. The minimum Gasteiger partial charge on any atom is -0.481 e. The van der Waals surface area contributed by atoms with Gasteiger partial charge in [0.05, 0.1) is 29.8 Å². The molecule has 2 rings (SSSR count). The normalized spacial score (nSPS) is 11.3. The highest BCUT2D eigenvalue weighted by molar-refractivity contribution is 7.89. The van der Waals surface area contributed by atoms with Gasteiger partial charge in [0.15, 0.2) is 9.84 Å². The van der Waals surface area contributed by atoms with Gasteiger partial charge >= 0.3 is 0 Å². The fourth-order valence-corrected chi connectivity index (χ4v) is 2.68. The molecular formula is C13H13ClN2O3S. The lowest BCUT2D eigenvalue weighted by Crippen LogP contribution is -2.01. The van der Waals surface area contributed by atoms with Crippen LogP contribution < -0.4 is 4.74 Å². The van der Waals surface area contributed by atoms with Gasteiger partial charge in [0.25, 0.3) is 0 Å². The van der Waals surface area contributed by atoms with Gasteiger partial charge < -0.3 is 4.74 Å². The SMILES string of the molecule is COc1cc(-c2ccc(CS(C)(=O)=O)cn2)c(Cl)cn1. The average Bonchev–Trinajstić information content (AvgIpc) is 2.39. The number of halogens is 1. The lowest BCUT2D eigenvalue weighted by molar-refractivity contribution is 0.398. The van der Waals surface area contributed by atoms with E-state index in [-0.39, 0.29) is 5.75 Å². The summed E-state index contributed by atoms with van der Waals surface area (Å²) < 4.78 is 27.5. The molecule has 0 radical (unpaired) electrons. The van der Waals surface area contributed by atoms with Gasteiger partial charge in [0.1, 0.15) is 0 Å². The molecule has 0 saturated carbocycles. The molecule has 0 aliphatic heterocycles. The number of hydrogen-bond acceptors (Lipinski definition) is 5. The summed E-state index contributed by atoms with van der Waals surface area (Å²) >= 11 is 6.08. The van der Waals surface area contributed by atoms with Crippen LogP contribution in [0.5, 0.6) is 5.88 Å². The first-order valence-electron chi connectivity index (χ1n) is 5.71. The van der Waals surface area contributed by atoms with Crippen LogP contribution in [0.4, 0.5) is 0 Å². The van der Waals surface area contributed by atoms with Crippen LogP contribution in [0.2, 0.25) is 5.02 Å². The van der Waals surface area contributed by atoms with Crippen molar-refractivity contribution < 1.29 is 13.2 Å². The van der Waals surface area contributed by atoms with Crippen LogP contribution in [0, 0.1) is 0 Å². The third-order valence-corrected chi connectivity index (χ3v) is 3.73. The number of ether oxygens (including phenoxy) is 1. The molecule has 0 unspecified atom stereocenters. The van der Waals surface area contributed by atoms with E-state index in [4.69, 9.17) is 16.3 Å². The van der Waals surface area contributed by atoms with E-state index in [0.29, 0.717) is 27.7 Å². The lowest BCUT2D eigenvalue weighted by Gasteiger charge is -2.06. The van der Waals surface area contributed by atoms with Crippen molar-refractivity contribution in [1.29, 1.82) is 0 Å². The Balaban J connectivity index is 2.35. The molecule has 2 aromatic heterocycles. The van der Waals surface area contributed by atoms with E-state index in [0.717, 1.165) is 0 Å². The molecule has 0 bridgehead atoms. The quantitative estimate of drug-likeness (QED) is 0.866. The number of methoxy groups -OCH3 is 1. The highest BCUT2D eigenvalue weighted by Gasteiger charge is 2.09. The monoisotopic (exact) mass is 312 g/mol. The summed E-state index contributed by atoms with van der Waals surface area (Å²) in [4.78, 5) is 8.22. The number of hydrogen-bond donors (Lipinski definition) is 0. The van der Waals surface area contributed by atoms with Crippen LogP contribution in [-0.2, 0) is 15.6 Å². The fourth-order valence-electron chi connectivity index (χ4n) is 1.70. The number of rotatable bonds is 4. The zero-order valence-corrected chi connectivity index (χ0v) is 12.6. The van der Waals surface area contributed by atoms with Gasteiger partial charge in [-0.3, -0.25) is 4.98 Å². The molecule has 0 aliphatic rings. The summed E-state index contributed by atoms with van der Waals surface area (Å²) in [5, 5.41) is 0.453. The van der Waals surface area contributed by atoms with Gasteiger partial charge in [-0.05, 0) is 11.6 Å². The second kappa shape index (κ2) is 5.76. The Morgan fingerprint density at radius 3 is 2.55 bits per heavy atom. The Morgan fingerprint density at radius 1 is 1.25 bits per heavy atom. The van der Waals surface area contributed by atoms with Crippen molar-refractivity contribution in [3.05, 3.63) is 41.2 Å². The van der Waals surface area contributed by atoms with Crippen molar-refractivity contribution in [2.24, 2.45) is 0 Å². The maximum absolute atomic E-state index is 11.2. The molecule has 0 saturated heterocycles. The predicted molar refractivity (Wildman–Crippen MR) is 77.6 cm³/mol. The van der Waals surface area contributed by atoms with Gasteiger partial charge in [-0.15, -0.1) is 0 Å². The third kappa shape index (κ3) is 3.68. The van der Waals surface area contributed by atoms with Crippen molar-refractivity contribution in [2.75, 3.05) is 13.4 Å². The second-order valence-electron chi connectivity index (χ2n) is 4.33. The summed E-state index contributed by atoms with van der Waals surface area (Å²) in [7, 11) is -1.55. The van der Waals surface area contributed by atoms with E-state index in [9.17, 15) is 8.42 Å². The van der Waals surface area contributed by atoms with E-state index >= 15 is 0 Å². The molecule has 106 valence electrons. The molecule has 20 heavy (non-hydrogen) atoms. The van der Waals surface area contributed by atoms with Gasteiger partial charge in [-0.1, -0.05) is 17.7 Å². The summed E-state index contributed by atoms with van der Waals surface area (Å²) in [6, 6.07) is 5.12. The Labute approximate surface area is 122 Å². The van der Waals surface area contributed by atoms with Crippen LogP contribution in [0.15, 0.2) is 30.6 Å². The molecule has 0 spiro atoms. The van der Waals surface area contributed by atoms with Gasteiger partial charge in [0, 0.05) is 24.1 Å². The average molecular weight is 313 g/mol. The molecule has 2 aromatic rings. The van der Waals surface area contributed by atoms with Crippen molar-refractivity contribution in [3.63, 3.8) is 0 Å². The minimum atomic E-state index is -3.07. The van der Waals surface area contributed by atoms with Crippen molar-refractivity contribution in [1.82, 2.24) is 9.97 Å². The smallest absolute Gasteiger partial charge is 0.213 e. The number of pyridine rings is 2. The molecule has 2 heterocycles. The Morgan fingerprint density at radius 2 is 2.00 bits per heavy atom. The first-order chi connectivity index (χ1) is 9.39. The summed E-state index contributed by atoms with van der Waals surface area (Å²) in [5.74, 6) is 0.402. The standard InChI is InChI=1S/C13H13ClN2O3S/c1-19-13-5-10(11(14)7-16-13)12-4-3-9(6-15-12)8-20(2,17)18/h3-7H,8H2,1-2H3. The first-order valence-corrected chi connectivity index (χ1v) is 8.15. The molecule has 0 N–H and O–H groups in total. The third-order valence-electron chi connectivity index (χ3n) is 2.57. The van der Waals surface area contributed by atoms with Crippen LogP contribution in [0.3, 0.4) is 0 Å². The fraction of sp³-hybridized carbons (Fsp3) is 0.231. The van der Waals surface area contributed by atoms with E-state index in [1.54, 1.807) is 18.2 Å². The van der Waals surface area contributed by atoms with E-state index in [2.05, 4.69) is 9.97 Å². The Hall–Kier alpha value is -1.66. The molecule has 5 nitrogen and oxygen atoms in total. The zero-order chi connectivity index (χ0) is 14.8. The zero-order valence-electron chi connectivity index (χ0n) is 11.0. The van der Waals surface area contributed by atoms with Crippen molar-refractivity contribution in [3.8, 4) is 17.1 Å². The van der Waals surface area contributed by atoms with E-state index in [1.165, 1.54) is 25.8 Å². The first kappa shape index (κ1) is 14.7. The molecule has 0 aromatic carbocycles. The Bertz CT molecular complexity index is 715. The molecule has 7 heteroatoms. The lowest BCUT2D eigenvalue weighted by atomic mass is 10.1. The second-order valence-corrected chi connectivity index (χ2v) is 6.88. The number of aromatic nitrogens is 2. The van der Waals surface area contributed by atoms with Crippen molar-refractivity contribution >= 4 is 21.4 Å². The van der Waals surface area contributed by atoms with Gasteiger partial charge in [-0.25, -0.2) is 13.4 Å². The summed E-state index contributed by atoms with van der Waals surface area (Å²) in [6.07, 6.45) is 4.20. The van der Waals surface area contributed by atoms with Crippen LogP contribution >= 0.6 is 11.6 Å². The molecule has 0 fully saturated rings. The van der Waals surface area contributed by atoms with E-state index < -0.39 is 9.84 Å². The topological polar surface area (TPSA) is 69.2 Å². The molecule has 0 aliphatic carbocycles. The van der Waals surface area contributed by atoms with Crippen molar-refractivity contribution in [2.45, 2.75) is 5.75 Å². The number of sulfone groups is 1. The molecule has 0 atom stereocenters. The predicted octanol–water partition coefficient (Wildman–Crippen LogP) is 2.35. The largest absolute Gasteiger partial charge is 0.481 e. The molecule has 0 amide bonds. The summed E-state index contributed by atoms with van der Waals surface area (Å²) in [6.45, 7) is 0.